The first-order valence-corrected chi connectivity index (χ1v) is 4.93. The van der Waals surface area contributed by atoms with Crippen molar-refractivity contribution in [3.8, 4) is 0 Å². The second-order valence-corrected chi connectivity index (χ2v) is 4.53. The Bertz CT molecular complexity index is 145. The molecule has 1 fully saturated rings. The van der Waals surface area contributed by atoms with Gasteiger partial charge in [-0.3, -0.25) is 0 Å². The Labute approximate surface area is 75.6 Å². The molecule has 1 N–H and O–H groups in total. The molecule has 0 radical (unpaired) electrons. The number of aliphatic hydroxyl groups excluding tert-OH is 1. The third-order valence-electron chi connectivity index (χ3n) is 3.20. The summed E-state index contributed by atoms with van der Waals surface area (Å²) >= 11 is 0. The highest BCUT2D eigenvalue weighted by Crippen LogP contribution is 2.34. The van der Waals surface area contributed by atoms with Gasteiger partial charge in [0.15, 0.2) is 0 Å². The molecule has 2 nitrogen and oxygen atoms in total. The molecule has 2 heteroatoms. The van der Waals surface area contributed by atoms with E-state index in [1.165, 1.54) is 0 Å². The van der Waals surface area contributed by atoms with Gasteiger partial charge in [0.2, 0.25) is 0 Å². The number of nitrogens with zero attached hydrogens (tertiary/aromatic N) is 1. The van der Waals surface area contributed by atoms with Crippen molar-refractivity contribution in [3.05, 3.63) is 0 Å². The van der Waals surface area contributed by atoms with Gasteiger partial charge >= 0.3 is 0 Å². The van der Waals surface area contributed by atoms with Crippen molar-refractivity contribution in [1.29, 1.82) is 0 Å². The summed E-state index contributed by atoms with van der Waals surface area (Å²) in [5.41, 5.74) is 0.295. The Kier molecular flexibility index (Phi) is 3.13. The number of hydrogen-bond acceptors (Lipinski definition) is 2. The molecule has 0 saturated carbocycles. The lowest BCUT2D eigenvalue weighted by molar-refractivity contribution is 0.0238. The van der Waals surface area contributed by atoms with Gasteiger partial charge in [0.1, 0.15) is 0 Å². The number of rotatable bonds is 2. The maximum absolute atomic E-state index is 9.17. The summed E-state index contributed by atoms with van der Waals surface area (Å²) in [6.07, 6.45) is 1.15. The van der Waals surface area contributed by atoms with Gasteiger partial charge in [0, 0.05) is 13.2 Å². The molecule has 72 valence electrons. The van der Waals surface area contributed by atoms with E-state index in [4.69, 9.17) is 5.11 Å². The first-order chi connectivity index (χ1) is 5.60. The third-order valence-corrected chi connectivity index (χ3v) is 3.20. The minimum absolute atomic E-state index is 0.295. The van der Waals surface area contributed by atoms with Crippen LogP contribution < -0.4 is 0 Å². The quantitative estimate of drug-likeness (QED) is 0.678. The molecule has 1 unspecified atom stereocenters. The molecule has 1 aliphatic heterocycles. The van der Waals surface area contributed by atoms with Crippen molar-refractivity contribution in [2.45, 2.75) is 27.2 Å². The van der Waals surface area contributed by atoms with Gasteiger partial charge in [-0.15, -0.1) is 0 Å². The molecular formula is C10H21NO. The average Bonchev–Trinajstić information content (AvgIpc) is 2.02. The van der Waals surface area contributed by atoms with E-state index in [0.29, 0.717) is 17.9 Å². The molecule has 12 heavy (non-hydrogen) atoms. The molecular weight excluding hydrogens is 150 g/mol. The van der Waals surface area contributed by atoms with Crippen LogP contribution in [0.3, 0.4) is 0 Å². The van der Waals surface area contributed by atoms with E-state index in [2.05, 4.69) is 25.7 Å². The van der Waals surface area contributed by atoms with E-state index in [0.717, 1.165) is 26.1 Å². The molecule has 1 saturated heterocycles. The lowest BCUT2D eigenvalue weighted by Crippen LogP contribution is -2.46. The molecule has 1 atom stereocenters. The average molecular weight is 171 g/mol. The largest absolute Gasteiger partial charge is 0.396 e. The summed E-state index contributed by atoms with van der Waals surface area (Å²) in [6.45, 7) is 10.5. The Balaban J connectivity index is 2.54. The van der Waals surface area contributed by atoms with Gasteiger partial charge in [-0.1, -0.05) is 20.8 Å². The first kappa shape index (κ1) is 10.0. The van der Waals surface area contributed by atoms with E-state index < -0.39 is 0 Å². The summed E-state index contributed by atoms with van der Waals surface area (Å²) in [5.74, 6) is 0.500. The van der Waals surface area contributed by atoms with Gasteiger partial charge in [0.05, 0.1) is 0 Å². The topological polar surface area (TPSA) is 23.5 Å². The lowest BCUT2D eigenvalue weighted by atomic mass is 9.74. The molecule has 1 aliphatic rings. The van der Waals surface area contributed by atoms with Crippen LogP contribution in [0.1, 0.15) is 27.2 Å². The number of piperidine rings is 1. The van der Waals surface area contributed by atoms with Crippen molar-refractivity contribution < 1.29 is 5.11 Å². The van der Waals surface area contributed by atoms with Crippen molar-refractivity contribution in [3.63, 3.8) is 0 Å². The minimum atomic E-state index is 0.295. The predicted octanol–water partition coefficient (Wildman–Crippen LogP) is 1.35. The van der Waals surface area contributed by atoms with Crippen LogP contribution in [0.4, 0.5) is 0 Å². The monoisotopic (exact) mass is 171 g/mol. The standard InChI is InChI=1S/C10H21NO/c1-4-11-6-5-9(7-12)10(2,3)8-11/h9,12H,4-8H2,1-3H3. The maximum Gasteiger partial charge on any atom is 0.0465 e. The molecule has 0 aromatic rings. The Morgan fingerprint density at radius 1 is 1.50 bits per heavy atom. The zero-order valence-corrected chi connectivity index (χ0v) is 8.51. The normalized spacial score (nSPS) is 30.5. The van der Waals surface area contributed by atoms with Crippen LogP contribution in [0.25, 0.3) is 0 Å². The van der Waals surface area contributed by atoms with Crippen LogP contribution in [-0.2, 0) is 0 Å². The van der Waals surface area contributed by atoms with Crippen LogP contribution in [-0.4, -0.2) is 36.2 Å². The lowest BCUT2D eigenvalue weighted by Gasteiger charge is -2.43. The molecule has 0 aliphatic carbocycles. The minimum Gasteiger partial charge on any atom is -0.396 e. The highest BCUT2D eigenvalue weighted by Gasteiger charge is 2.34. The fourth-order valence-electron chi connectivity index (χ4n) is 2.12. The molecule has 1 heterocycles. The Hall–Kier alpha value is -0.0800. The Morgan fingerprint density at radius 2 is 2.17 bits per heavy atom. The Morgan fingerprint density at radius 3 is 2.58 bits per heavy atom. The smallest absolute Gasteiger partial charge is 0.0465 e. The highest BCUT2D eigenvalue weighted by molar-refractivity contribution is 4.86. The van der Waals surface area contributed by atoms with E-state index in [1.54, 1.807) is 0 Å². The SMILES string of the molecule is CCN1CCC(CO)C(C)(C)C1. The molecule has 1 rings (SSSR count). The second kappa shape index (κ2) is 3.75. The number of aliphatic hydroxyl groups is 1. The summed E-state index contributed by atoms with van der Waals surface area (Å²) in [7, 11) is 0. The molecule has 0 aromatic carbocycles. The molecule has 0 bridgehead atoms. The van der Waals surface area contributed by atoms with Crippen LogP contribution in [0.5, 0.6) is 0 Å². The highest BCUT2D eigenvalue weighted by atomic mass is 16.3. The van der Waals surface area contributed by atoms with Crippen molar-refractivity contribution >= 4 is 0 Å². The second-order valence-electron chi connectivity index (χ2n) is 4.53. The molecule has 0 aromatic heterocycles. The van der Waals surface area contributed by atoms with E-state index in [-0.39, 0.29) is 0 Å². The van der Waals surface area contributed by atoms with Gasteiger partial charge < -0.3 is 10.0 Å². The molecule has 0 spiro atoms. The van der Waals surface area contributed by atoms with Crippen molar-refractivity contribution in [1.82, 2.24) is 4.90 Å². The van der Waals surface area contributed by atoms with E-state index >= 15 is 0 Å². The summed E-state index contributed by atoms with van der Waals surface area (Å²) in [5, 5.41) is 9.17. The summed E-state index contributed by atoms with van der Waals surface area (Å²) in [4.78, 5) is 2.46. The fraction of sp³-hybridized carbons (Fsp3) is 1.00. The zero-order chi connectivity index (χ0) is 9.19. The van der Waals surface area contributed by atoms with Crippen LogP contribution in [0.2, 0.25) is 0 Å². The van der Waals surface area contributed by atoms with Crippen molar-refractivity contribution in [2.24, 2.45) is 11.3 Å². The van der Waals surface area contributed by atoms with Gasteiger partial charge in [0.25, 0.3) is 0 Å². The number of hydrogen-bond donors (Lipinski definition) is 1. The molecule has 0 amide bonds. The van der Waals surface area contributed by atoms with Crippen LogP contribution in [0.15, 0.2) is 0 Å². The van der Waals surface area contributed by atoms with Crippen LogP contribution in [0, 0.1) is 11.3 Å². The third kappa shape index (κ3) is 1.99. The van der Waals surface area contributed by atoms with Crippen molar-refractivity contribution in [2.75, 3.05) is 26.2 Å². The summed E-state index contributed by atoms with van der Waals surface area (Å²) < 4.78 is 0. The van der Waals surface area contributed by atoms with Gasteiger partial charge in [-0.05, 0) is 30.8 Å². The number of likely N-dealkylation sites (tertiary alicyclic amines) is 1. The van der Waals surface area contributed by atoms with E-state index in [9.17, 15) is 0 Å². The maximum atomic E-state index is 9.17. The first-order valence-electron chi connectivity index (χ1n) is 4.93. The van der Waals surface area contributed by atoms with Gasteiger partial charge in [-0.25, -0.2) is 0 Å². The predicted molar refractivity (Wildman–Crippen MR) is 51.1 cm³/mol. The van der Waals surface area contributed by atoms with E-state index in [1.807, 2.05) is 0 Å². The van der Waals surface area contributed by atoms with Gasteiger partial charge in [-0.2, -0.15) is 0 Å². The van der Waals surface area contributed by atoms with Crippen LogP contribution >= 0.6 is 0 Å². The fourth-order valence-corrected chi connectivity index (χ4v) is 2.12. The zero-order valence-electron chi connectivity index (χ0n) is 8.51. The summed E-state index contributed by atoms with van der Waals surface area (Å²) in [6, 6.07) is 0.